The zero-order valence-corrected chi connectivity index (χ0v) is 11.7. The maximum atomic E-state index is 6.09. The Bertz CT molecular complexity index is 580. The standard InChI is InChI=1S/C15H15BrN2/c16-12-7-8-14-11(10-12)4-3-9-18(14)15-6-2-1-5-13(15)17/h1-2,5-8,10H,3-4,9,17H2. The first-order valence-electron chi connectivity index (χ1n) is 6.16. The van der Waals surface area contributed by atoms with E-state index in [1.807, 2.05) is 18.2 Å². The average molecular weight is 303 g/mol. The molecule has 0 saturated carbocycles. The van der Waals surface area contributed by atoms with E-state index in [4.69, 9.17) is 5.73 Å². The van der Waals surface area contributed by atoms with Crippen molar-refractivity contribution in [2.75, 3.05) is 17.2 Å². The minimum absolute atomic E-state index is 0.841. The van der Waals surface area contributed by atoms with Gasteiger partial charge in [0.25, 0.3) is 0 Å². The largest absolute Gasteiger partial charge is 0.397 e. The Labute approximate surface area is 116 Å². The predicted molar refractivity (Wildman–Crippen MR) is 80.3 cm³/mol. The molecule has 2 aromatic rings. The summed E-state index contributed by atoms with van der Waals surface area (Å²) in [6.07, 6.45) is 2.30. The number of halogens is 1. The number of anilines is 3. The number of para-hydroxylation sites is 2. The molecule has 0 atom stereocenters. The van der Waals surface area contributed by atoms with Gasteiger partial charge in [-0.05, 0) is 48.7 Å². The molecule has 0 fully saturated rings. The number of hydrogen-bond acceptors (Lipinski definition) is 2. The molecule has 2 nitrogen and oxygen atoms in total. The molecular weight excluding hydrogens is 288 g/mol. The maximum absolute atomic E-state index is 6.09. The van der Waals surface area contributed by atoms with Crippen molar-refractivity contribution < 1.29 is 0 Å². The lowest BCUT2D eigenvalue weighted by atomic mass is 10.0. The highest BCUT2D eigenvalue weighted by molar-refractivity contribution is 9.10. The predicted octanol–water partition coefficient (Wildman–Crippen LogP) is 4.12. The molecule has 2 aromatic carbocycles. The smallest absolute Gasteiger partial charge is 0.0644 e. The van der Waals surface area contributed by atoms with Gasteiger partial charge in [-0.3, -0.25) is 0 Å². The van der Waals surface area contributed by atoms with E-state index in [-0.39, 0.29) is 0 Å². The zero-order chi connectivity index (χ0) is 12.5. The van der Waals surface area contributed by atoms with Crippen molar-refractivity contribution in [3.63, 3.8) is 0 Å². The van der Waals surface area contributed by atoms with E-state index < -0.39 is 0 Å². The third-order valence-corrected chi connectivity index (χ3v) is 3.88. The second-order valence-electron chi connectivity index (χ2n) is 4.59. The molecule has 1 aliphatic rings. The number of aryl methyl sites for hydroxylation is 1. The Hall–Kier alpha value is -1.48. The second-order valence-corrected chi connectivity index (χ2v) is 5.50. The minimum Gasteiger partial charge on any atom is -0.397 e. The van der Waals surface area contributed by atoms with Crippen molar-refractivity contribution in [3.8, 4) is 0 Å². The first kappa shape index (κ1) is 11.6. The van der Waals surface area contributed by atoms with E-state index in [1.54, 1.807) is 0 Å². The molecule has 0 aliphatic carbocycles. The number of fused-ring (bicyclic) bond motifs is 1. The fraction of sp³-hybridized carbons (Fsp3) is 0.200. The summed E-state index contributed by atoms with van der Waals surface area (Å²) in [7, 11) is 0. The summed E-state index contributed by atoms with van der Waals surface area (Å²) in [5.41, 5.74) is 10.7. The van der Waals surface area contributed by atoms with Gasteiger partial charge in [0.05, 0.1) is 11.4 Å². The quantitative estimate of drug-likeness (QED) is 0.803. The lowest BCUT2D eigenvalue weighted by Crippen LogP contribution is -2.25. The number of hydrogen-bond donors (Lipinski definition) is 1. The molecule has 2 N–H and O–H groups in total. The molecule has 0 spiro atoms. The van der Waals surface area contributed by atoms with Crippen LogP contribution in [0.3, 0.4) is 0 Å². The van der Waals surface area contributed by atoms with Crippen LogP contribution < -0.4 is 10.6 Å². The lowest BCUT2D eigenvalue weighted by molar-refractivity contribution is 0.767. The van der Waals surface area contributed by atoms with Gasteiger partial charge in [-0.2, -0.15) is 0 Å². The zero-order valence-electron chi connectivity index (χ0n) is 10.1. The molecule has 1 aliphatic heterocycles. The number of nitrogens with two attached hydrogens (primary N) is 1. The summed E-state index contributed by atoms with van der Waals surface area (Å²) in [5, 5.41) is 0. The summed E-state index contributed by atoms with van der Waals surface area (Å²) in [6, 6.07) is 14.5. The Morgan fingerprint density at radius 2 is 1.89 bits per heavy atom. The SMILES string of the molecule is Nc1ccccc1N1CCCc2cc(Br)ccc21. The Morgan fingerprint density at radius 3 is 2.72 bits per heavy atom. The number of rotatable bonds is 1. The summed E-state index contributed by atoms with van der Waals surface area (Å²) >= 11 is 3.54. The third-order valence-electron chi connectivity index (χ3n) is 3.39. The van der Waals surface area contributed by atoms with Gasteiger partial charge in [0.2, 0.25) is 0 Å². The molecule has 0 aromatic heterocycles. The monoisotopic (exact) mass is 302 g/mol. The van der Waals surface area contributed by atoms with Gasteiger partial charge in [0, 0.05) is 16.7 Å². The van der Waals surface area contributed by atoms with Crippen LogP contribution >= 0.6 is 15.9 Å². The Balaban J connectivity index is 2.09. The highest BCUT2D eigenvalue weighted by Crippen LogP contribution is 2.37. The lowest BCUT2D eigenvalue weighted by Gasteiger charge is -2.32. The third kappa shape index (κ3) is 1.99. The molecule has 0 unspecified atom stereocenters. The van der Waals surface area contributed by atoms with Crippen LogP contribution in [0.1, 0.15) is 12.0 Å². The summed E-state index contributed by atoms with van der Waals surface area (Å²) in [4.78, 5) is 2.32. The van der Waals surface area contributed by atoms with Crippen LogP contribution in [0, 0.1) is 0 Å². The Kier molecular flexibility index (Phi) is 3.00. The molecular formula is C15H15BrN2. The maximum Gasteiger partial charge on any atom is 0.0644 e. The van der Waals surface area contributed by atoms with Gasteiger partial charge < -0.3 is 10.6 Å². The van der Waals surface area contributed by atoms with E-state index in [1.165, 1.54) is 11.3 Å². The average Bonchev–Trinajstić information content (AvgIpc) is 2.38. The van der Waals surface area contributed by atoms with Gasteiger partial charge >= 0.3 is 0 Å². The van der Waals surface area contributed by atoms with Crippen LogP contribution in [-0.2, 0) is 6.42 Å². The van der Waals surface area contributed by atoms with Crippen LogP contribution in [-0.4, -0.2) is 6.54 Å². The highest BCUT2D eigenvalue weighted by Gasteiger charge is 2.19. The summed E-state index contributed by atoms with van der Waals surface area (Å²) in [6.45, 7) is 1.03. The van der Waals surface area contributed by atoms with Crippen LogP contribution in [0.25, 0.3) is 0 Å². The molecule has 3 heteroatoms. The van der Waals surface area contributed by atoms with Gasteiger partial charge in [0.15, 0.2) is 0 Å². The molecule has 1 heterocycles. The van der Waals surface area contributed by atoms with Crippen LogP contribution in [0.4, 0.5) is 17.1 Å². The topological polar surface area (TPSA) is 29.3 Å². The minimum atomic E-state index is 0.841. The van der Waals surface area contributed by atoms with Crippen molar-refractivity contribution in [2.45, 2.75) is 12.8 Å². The molecule has 18 heavy (non-hydrogen) atoms. The molecule has 0 saturated heterocycles. The number of nitrogen functional groups attached to an aromatic ring is 1. The van der Waals surface area contributed by atoms with E-state index in [9.17, 15) is 0 Å². The molecule has 0 radical (unpaired) electrons. The van der Waals surface area contributed by atoms with Crippen molar-refractivity contribution >= 4 is 33.0 Å². The van der Waals surface area contributed by atoms with E-state index in [0.717, 1.165) is 35.2 Å². The fourth-order valence-corrected chi connectivity index (χ4v) is 2.96. The van der Waals surface area contributed by atoms with Gasteiger partial charge in [-0.1, -0.05) is 28.1 Å². The number of benzene rings is 2. The van der Waals surface area contributed by atoms with E-state index >= 15 is 0 Å². The van der Waals surface area contributed by atoms with Crippen LogP contribution in [0.5, 0.6) is 0 Å². The second kappa shape index (κ2) is 4.65. The Morgan fingerprint density at radius 1 is 1.06 bits per heavy atom. The molecule has 3 rings (SSSR count). The van der Waals surface area contributed by atoms with Crippen molar-refractivity contribution in [3.05, 3.63) is 52.5 Å². The molecule has 92 valence electrons. The first-order valence-corrected chi connectivity index (χ1v) is 6.95. The van der Waals surface area contributed by atoms with Gasteiger partial charge in [-0.15, -0.1) is 0 Å². The van der Waals surface area contributed by atoms with Gasteiger partial charge in [-0.25, -0.2) is 0 Å². The summed E-state index contributed by atoms with van der Waals surface area (Å²) in [5.74, 6) is 0. The highest BCUT2D eigenvalue weighted by atomic mass is 79.9. The van der Waals surface area contributed by atoms with Crippen LogP contribution in [0.15, 0.2) is 46.9 Å². The van der Waals surface area contributed by atoms with Crippen molar-refractivity contribution in [2.24, 2.45) is 0 Å². The molecule has 0 amide bonds. The summed E-state index contributed by atoms with van der Waals surface area (Å²) < 4.78 is 1.14. The molecule has 0 bridgehead atoms. The number of nitrogens with zero attached hydrogens (tertiary/aromatic N) is 1. The van der Waals surface area contributed by atoms with Crippen molar-refractivity contribution in [1.29, 1.82) is 0 Å². The van der Waals surface area contributed by atoms with E-state index in [0.29, 0.717) is 0 Å². The normalized spacial score (nSPS) is 14.4. The first-order chi connectivity index (χ1) is 8.75. The van der Waals surface area contributed by atoms with Crippen LogP contribution in [0.2, 0.25) is 0 Å². The van der Waals surface area contributed by atoms with Crippen molar-refractivity contribution in [1.82, 2.24) is 0 Å². The fourth-order valence-electron chi connectivity index (χ4n) is 2.55. The van der Waals surface area contributed by atoms with E-state index in [2.05, 4.69) is 45.1 Å². The van der Waals surface area contributed by atoms with Gasteiger partial charge in [0.1, 0.15) is 0 Å².